The van der Waals surface area contributed by atoms with Crippen molar-refractivity contribution >= 4 is 19.8 Å². The zero-order valence-corrected chi connectivity index (χ0v) is 69.4. The number of carbonyl (C=O) groups excluding carboxylic acids is 2. The topological polar surface area (TPSA) is 108 Å². The van der Waals surface area contributed by atoms with Gasteiger partial charge in [0.1, 0.15) is 19.8 Å². The van der Waals surface area contributed by atoms with Crippen LogP contribution in [-0.4, -0.2) is 74.9 Å². The van der Waals surface area contributed by atoms with Crippen LogP contribution in [0.3, 0.4) is 0 Å². The Labute approximate surface area is 643 Å². The summed E-state index contributed by atoms with van der Waals surface area (Å²) in [5.74, 6) is -0.782. The fraction of sp³-hybridized carbons (Fsp3) is 0.723. The second-order valence-electron chi connectivity index (χ2n) is 30.2. The van der Waals surface area contributed by atoms with Gasteiger partial charge < -0.3 is 18.9 Å². The summed E-state index contributed by atoms with van der Waals surface area (Å²) in [7, 11) is 1.49. The number of nitrogens with zero attached hydrogens (tertiary/aromatic N) is 1. The van der Waals surface area contributed by atoms with Crippen LogP contribution in [0.5, 0.6) is 0 Å². The highest BCUT2D eigenvalue weighted by molar-refractivity contribution is 7.47. The third kappa shape index (κ3) is 86.8. The first-order valence-corrected chi connectivity index (χ1v) is 45.1. The minimum Gasteiger partial charge on any atom is -0.462 e. The van der Waals surface area contributed by atoms with E-state index in [0.29, 0.717) is 17.4 Å². The molecule has 2 atom stereocenters. The van der Waals surface area contributed by atoms with Crippen LogP contribution in [0, 0.1) is 0 Å². The van der Waals surface area contributed by atoms with Crippen LogP contribution in [-0.2, 0) is 32.7 Å². The third-order valence-corrected chi connectivity index (χ3v) is 19.8. The van der Waals surface area contributed by atoms with Crippen molar-refractivity contribution in [3.63, 3.8) is 0 Å². The number of phosphoric ester groups is 1. The molecule has 0 aliphatic carbocycles. The van der Waals surface area contributed by atoms with Crippen molar-refractivity contribution in [2.45, 2.75) is 392 Å². The van der Waals surface area contributed by atoms with Crippen molar-refractivity contribution in [2.24, 2.45) is 0 Å². The number of quaternary nitrogens is 1. The molecular formula is C94H165NO8P+. The van der Waals surface area contributed by atoms with E-state index in [1.54, 1.807) is 0 Å². The molecule has 2 unspecified atom stereocenters. The average Bonchev–Trinajstić information content (AvgIpc) is 0.920. The first-order chi connectivity index (χ1) is 51.0. The van der Waals surface area contributed by atoms with E-state index in [4.69, 9.17) is 18.5 Å². The summed E-state index contributed by atoms with van der Waals surface area (Å²) in [5, 5.41) is 0. The number of carbonyl (C=O) groups is 2. The van der Waals surface area contributed by atoms with Gasteiger partial charge in [0.15, 0.2) is 6.10 Å². The third-order valence-electron chi connectivity index (χ3n) is 18.9. The predicted octanol–water partition coefficient (Wildman–Crippen LogP) is 29.6. The van der Waals surface area contributed by atoms with Crippen LogP contribution in [0.15, 0.2) is 146 Å². The van der Waals surface area contributed by atoms with Gasteiger partial charge in [-0.1, -0.05) is 404 Å². The zero-order valence-electron chi connectivity index (χ0n) is 68.5. The highest BCUT2D eigenvalue weighted by atomic mass is 31.2. The summed E-state index contributed by atoms with van der Waals surface area (Å²) in [6.07, 6.45) is 123. The Kier molecular flexibility index (Phi) is 79.7. The van der Waals surface area contributed by atoms with Gasteiger partial charge in [-0.25, -0.2) is 4.57 Å². The number of unbranched alkanes of at least 4 members (excludes halogenated alkanes) is 42. The lowest BCUT2D eigenvalue weighted by molar-refractivity contribution is -0.870. The lowest BCUT2D eigenvalue weighted by Gasteiger charge is -2.24. The second-order valence-corrected chi connectivity index (χ2v) is 31.6. The molecule has 0 rings (SSSR count). The van der Waals surface area contributed by atoms with Crippen molar-refractivity contribution in [1.29, 1.82) is 0 Å². The van der Waals surface area contributed by atoms with E-state index in [-0.39, 0.29) is 32.0 Å². The van der Waals surface area contributed by atoms with Gasteiger partial charge in [-0.2, -0.15) is 0 Å². The van der Waals surface area contributed by atoms with Gasteiger partial charge in [-0.3, -0.25) is 18.6 Å². The van der Waals surface area contributed by atoms with E-state index in [9.17, 15) is 19.0 Å². The first kappa shape index (κ1) is 99.9. The van der Waals surface area contributed by atoms with E-state index in [1.165, 1.54) is 244 Å². The molecule has 104 heavy (non-hydrogen) atoms. The molecule has 10 heteroatoms. The van der Waals surface area contributed by atoms with Gasteiger partial charge in [0.2, 0.25) is 0 Å². The monoisotopic (exact) mass is 1470 g/mol. The molecule has 0 aromatic carbocycles. The molecule has 0 radical (unpaired) electrons. The number of esters is 2. The Morgan fingerprint density at radius 1 is 0.298 bits per heavy atom. The fourth-order valence-corrected chi connectivity index (χ4v) is 13.1. The van der Waals surface area contributed by atoms with Gasteiger partial charge in [0.25, 0.3) is 0 Å². The Morgan fingerprint density at radius 2 is 0.519 bits per heavy atom. The maximum Gasteiger partial charge on any atom is 0.472 e. The normalized spacial score (nSPS) is 13.7. The maximum atomic E-state index is 12.9. The van der Waals surface area contributed by atoms with Crippen molar-refractivity contribution in [3.8, 4) is 0 Å². The van der Waals surface area contributed by atoms with Gasteiger partial charge in [-0.15, -0.1) is 0 Å². The predicted molar refractivity (Wildman–Crippen MR) is 454 cm³/mol. The van der Waals surface area contributed by atoms with Gasteiger partial charge >= 0.3 is 19.8 Å². The molecule has 1 N–H and O–H groups in total. The SMILES string of the molecule is CC/C=C\C/C=C\C/C=C\C/C=C\C/C=C\C/C=C\C/C=C\CCCCCCCCCCCCCCCCCCCCCC(=O)OC(COC(=O)CCCCCCCCCCCCCCCCCCCCCCCCC/C=C\C/C=C\C/C=C\C/C=C\C/C=C\CC)COP(=O)(O)OCC[N+](C)(C)C. The highest BCUT2D eigenvalue weighted by Crippen LogP contribution is 2.43. The summed E-state index contributed by atoms with van der Waals surface area (Å²) in [5.41, 5.74) is 0. The molecule has 0 saturated heterocycles. The van der Waals surface area contributed by atoms with E-state index < -0.39 is 26.5 Å². The lowest BCUT2D eigenvalue weighted by Crippen LogP contribution is -2.37. The summed E-state index contributed by atoms with van der Waals surface area (Å²) in [6.45, 7) is 4.25. The molecule has 0 spiro atoms. The van der Waals surface area contributed by atoms with E-state index in [2.05, 4.69) is 160 Å². The van der Waals surface area contributed by atoms with Crippen molar-refractivity contribution in [2.75, 3.05) is 47.5 Å². The number of allylic oxidation sites excluding steroid dienone is 24. The molecule has 0 heterocycles. The van der Waals surface area contributed by atoms with E-state index in [1.807, 2.05) is 21.1 Å². The van der Waals surface area contributed by atoms with Crippen LogP contribution in [0.25, 0.3) is 0 Å². The molecule has 0 aliphatic rings. The number of rotatable bonds is 80. The number of hydrogen-bond acceptors (Lipinski definition) is 7. The zero-order chi connectivity index (χ0) is 75.4. The molecule has 0 aromatic rings. The molecule has 0 aliphatic heterocycles. The largest absolute Gasteiger partial charge is 0.472 e. The number of phosphoric acid groups is 1. The summed E-state index contributed by atoms with van der Waals surface area (Å²) in [6, 6.07) is 0. The summed E-state index contributed by atoms with van der Waals surface area (Å²) >= 11 is 0. The number of likely N-dealkylation sites (N-methyl/N-ethyl adjacent to an activating group) is 1. The molecule has 0 bridgehead atoms. The molecule has 9 nitrogen and oxygen atoms in total. The Balaban J connectivity index is 3.91. The Bertz CT molecular complexity index is 2280. The highest BCUT2D eigenvalue weighted by Gasteiger charge is 2.27. The molecule has 0 fully saturated rings. The van der Waals surface area contributed by atoms with E-state index >= 15 is 0 Å². The van der Waals surface area contributed by atoms with Gasteiger partial charge in [0.05, 0.1) is 27.7 Å². The smallest absolute Gasteiger partial charge is 0.462 e. The van der Waals surface area contributed by atoms with Crippen LogP contribution in [0.1, 0.15) is 386 Å². The molecule has 0 amide bonds. The molecule has 598 valence electrons. The van der Waals surface area contributed by atoms with Crippen molar-refractivity contribution < 1.29 is 42.1 Å². The average molecular weight is 1470 g/mol. The molecular weight excluding hydrogens is 1300 g/mol. The number of hydrogen-bond donors (Lipinski definition) is 1. The lowest BCUT2D eigenvalue weighted by atomic mass is 10.0. The van der Waals surface area contributed by atoms with Crippen LogP contribution < -0.4 is 0 Å². The van der Waals surface area contributed by atoms with Crippen LogP contribution >= 0.6 is 7.82 Å². The minimum atomic E-state index is -4.40. The van der Waals surface area contributed by atoms with Crippen LogP contribution in [0.2, 0.25) is 0 Å². The van der Waals surface area contributed by atoms with Gasteiger partial charge in [-0.05, 0) is 116 Å². The van der Waals surface area contributed by atoms with Crippen molar-refractivity contribution in [1.82, 2.24) is 0 Å². The standard InChI is InChI=1S/C94H164NO8P/c1-6-8-10-12-14-16-18-20-22-24-26-28-30-32-34-36-38-40-42-44-46-47-49-51-53-55-57-59-61-63-65-67-69-71-73-75-77-79-81-83-85-87-94(97)103-92(91-102-104(98,99)101-89-88-95(3,4)5)90-100-93(96)86-84-82-80-78-76-74-72-70-68-66-64-62-60-58-56-54-52-50-48-45-43-41-39-37-35-33-31-29-27-25-23-21-19-17-15-13-11-9-7-2/h8-11,14-17,20-23,26-29,32-35,38,40,44,46,92H,6-7,12-13,18-19,24-25,30-31,36-37,39,41-43,45,47-91H2,1-5H3/p+1/b10-8-,11-9-,16-14-,17-15-,22-20-,23-21-,28-26-,29-27-,34-32-,35-33-,40-38-,46-44-. The molecule has 0 saturated carbocycles. The van der Waals surface area contributed by atoms with Crippen molar-refractivity contribution in [3.05, 3.63) is 146 Å². The quantitative estimate of drug-likeness (QED) is 0.0211. The number of ether oxygens (including phenoxy) is 2. The van der Waals surface area contributed by atoms with E-state index in [0.717, 1.165) is 109 Å². The first-order valence-electron chi connectivity index (χ1n) is 43.6. The maximum absolute atomic E-state index is 12.9. The summed E-state index contributed by atoms with van der Waals surface area (Å²) in [4.78, 5) is 36.1. The Hall–Kier alpha value is -4.11. The van der Waals surface area contributed by atoms with Crippen LogP contribution in [0.4, 0.5) is 0 Å². The molecule has 0 aromatic heterocycles. The second kappa shape index (κ2) is 82.9. The Morgan fingerprint density at radius 3 is 0.769 bits per heavy atom. The minimum absolute atomic E-state index is 0.0302. The van der Waals surface area contributed by atoms with Gasteiger partial charge in [0, 0.05) is 12.8 Å². The fourth-order valence-electron chi connectivity index (χ4n) is 12.3. The summed E-state index contributed by atoms with van der Waals surface area (Å²) < 4.78 is 34.9.